The van der Waals surface area contributed by atoms with E-state index in [1.165, 1.54) is 11.8 Å². The van der Waals surface area contributed by atoms with E-state index in [2.05, 4.69) is 15.5 Å². The molecule has 118 valence electrons. The van der Waals surface area contributed by atoms with E-state index in [9.17, 15) is 4.79 Å². The summed E-state index contributed by atoms with van der Waals surface area (Å²) in [5.74, 6) is 1.53. The highest BCUT2D eigenvalue weighted by molar-refractivity contribution is 8.15. The van der Waals surface area contributed by atoms with Crippen LogP contribution in [-0.2, 0) is 4.79 Å². The van der Waals surface area contributed by atoms with E-state index in [1.807, 2.05) is 19.9 Å². The van der Waals surface area contributed by atoms with Gasteiger partial charge in [-0.1, -0.05) is 25.6 Å². The van der Waals surface area contributed by atoms with Crippen molar-refractivity contribution in [3.05, 3.63) is 23.8 Å². The third-order valence-corrected chi connectivity index (χ3v) is 4.51. The fourth-order valence-corrected chi connectivity index (χ4v) is 2.88. The third kappa shape index (κ3) is 3.79. The predicted octanol–water partition coefficient (Wildman–Crippen LogP) is 2.28. The molecule has 2 rings (SSSR count). The Kier molecular flexibility index (Phi) is 5.43. The fraction of sp³-hybridized carbons (Fsp3) is 0.400. The van der Waals surface area contributed by atoms with E-state index >= 15 is 0 Å². The molecule has 22 heavy (non-hydrogen) atoms. The number of benzene rings is 1. The molecule has 1 atom stereocenters. The van der Waals surface area contributed by atoms with E-state index in [0.29, 0.717) is 16.7 Å². The van der Waals surface area contributed by atoms with Crippen molar-refractivity contribution < 1.29 is 14.3 Å². The fourth-order valence-electron chi connectivity index (χ4n) is 1.95. The molecule has 1 N–H and O–H groups in total. The van der Waals surface area contributed by atoms with Gasteiger partial charge < -0.3 is 14.8 Å². The van der Waals surface area contributed by atoms with Gasteiger partial charge in [0.1, 0.15) is 0 Å². The first-order valence-electron chi connectivity index (χ1n) is 6.85. The van der Waals surface area contributed by atoms with Crippen molar-refractivity contribution in [2.45, 2.75) is 19.1 Å². The molecule has 0 radical (unpaired) electrons. The van der Waals surface area contributed by atoms with Crippen LogP contribution in [0.25, 0.3) is 0 Å². The minimum absolute atomic E-state index is 0.0138. The summed E-state index contributed by atoms with van der Waals surface area (Å²) in [7, 11) is 3.17. The number of rotatable bonds is 5. The normalized spacial score (nSPS) is 20.0. The zero-order valence-electron chi connectivity index (χ0n) is 13.0. The number of hydrogen-bond donors (Lipinski definition) is 1. The molecule has 0 bridgehead atoms. The van der Waals surface area contributed by atoms with Gasteiger partial charge in [-0.3, -0.25) is 4.79 Å². The van der Waals surface area contributed by atoms with Gasteiger partial charge in [0.25, 0.3) is 0 Å². The second-order valence-electron chi connectivity index (χ2n) is 5.04. The van der Waals surface area contributed by atoms with Crippen molar-refractivity contribution in [1.82, 2.24) is 5.32 Å². The molecule has 1 heterocycles. The maximum Gasteiger partial charge on any atom is 0.239 e. The number of nitrogens with zero attached hydrogens (tertiary/aromatic N) is 2. The number of carbonyl (C=O) groups excluding carboxylic acids is 1. The summed E-state index contributed by atoms with van der Waals surface area (Å²) < 4.78 is 10.4. The lowest BCUT2D eigenvalue weighted by atomic mass is 10.1. The van der Waals surface area contributed by atoms with Crippen molar-refractivity contribution >= 4 is 29.1 Å². The molecule has 1 fully saturated rings. The average molecular weight is 321 g/mol. The van der Waals surface area contributed by atoms with Crippen LogP contribution < -0.4 is 14.8 Å². The summed E-state index contributed by atoms with van der Waals surface area (Å²) in [6, 6.07) is 5.45. The van der Waals surface area contributed by atoms with Crippen LogP contribution in [-0.4, -0.2) is 36.8 Å². The van der Waals surface area contributed by atoms with E-state index < -0.39 is 0 Å². The molecule has 7 heteroatoms. The molecular formula is C15H19N3O3S. The number of hydrogen-bond acceptors (Lipinski definition) is 6. The number of methoxy groups -OCH3 is 2. The van der Waals surface area contributed by atoms with Crippen molar-refractivity contribution in [2.75, 3.05) is 14.2 Å². The molecule has 1 aliphatic heterocycles. The second kappa shape index (κ2) is 7.31. The quantitative estimate of drug-likeness (QED) is 0.667. The number of amides is 1. The Morgan fingerprint density at radius 2 is 2.00 bits per heavy atom. The summed E-state index contributed by atoms with van der Waals surface area (Å²) in [6.45, 7) is 4.01. The highest BCUT2D eigenvalue weighted by Gasteiger charge is 2.32. The summed E-state index contributed by atoms with van der Waals surface area (Å²) in [4.78, 5) is 11.7. The van der Waals surface area contributed by atoms with Gasteiger partial charge in [-0.25, -0.2) is 0 Å². The van der Waals surface area contributed by atoms with Gasteiger partial charge in [-0.15, -0.1) is 5.10 Å². The van der Waals surface area contributed by atoms with E-state index in [1.54, 1.807) is 32.6 Å². The van der Waals surface area contributed by atoms with Crippen LogP contribution in [0.3, 0.4) is 0 Å². The van der Waals surface area contributed by atoms with Crippen molar-refractivity contribution in [3.63, 3.8) is 0 Å². The van der Waals surface area contributed by atoms with Crippen LogP contribution in [0.4, 0.5) is 0 Å². The van der Waals surface area contributed by atoms with Crippen LogP contribution in [0.15, 0.2) is 28.4 Å². The molecule has 1 aromatic rings. The van der Waals surface area contributed by atoms with Crippen molar-refractivity contribution in [1.29, 1.82) is 0 Å². The number of nitrogens with one attached hydrogen (secondary N) is 1. The molecule has 6 nitrogen and oxygen atoms in total. The average Bonchev–Trinajstić information content (AvgIpc) is 2.88. The molecule has 1 aliphatic rings. The summed E-state index contributed by atoms with van der Waals surface area (Å²) >= 11 is 1.41. The molecule has 1 aromatic carbocycles. The summed E-state index contributed by atoms with van der Waals surface area (Å²) in [5, 5.41) is 11.2. The Labute approximate surface area is 134 Å². The van der Waals surface area contributed by atoms with E-state index in [-0.39, 0.29) is 17.1 Å². The van der Waals surface area contributed by atoms with Gasteiger partial charge in [0.2, 0.25) is 5.91 Å². The van der Waals surface area contributed by atoms with Crippen LogP contribution in [0.1, 0.15) is 19.4 Å². The number of amidine groups is 1. The minimum Gasteiger partial charge on any atom is -0.493 e. The van der Waals surface area contributed by atoms with E-state index in [0.717, 1.165) is 5.56 Å². The maximum absolute atomic E-state index is 11.7. The third-order valence-electron chi connectivity index (χ3n) is 3.10. The van der Waals surface area contributed by atoms with Gasteiger partial charge in [0.15, 0.2) is 16.7 Å². The number of thioether (sulfide) groups is 1. The van der Waals surface area contributed by atoms with Crippen LogP contribution in [0, 0.1) is 5.92 Å². The largest absolute Gasteiger partial charge is 0.493 e. The Morgan fingerprint density at radius 3 is 2.59 bits per heavy atom. The summed E-state index contributed by atoms with van der Waals surface area (Å²) in [6.07, 6.45) is 1.60. The molecule has 0 spiro atoms. The summed E-state index contributed by atoms with van der Waals surface area (Å²) in [5.41, 5.74) is 0.830. The standard InChI is InChI=1S/C15H19N3O3S/c1-9(2)13-14(19)17-15(22-13)18-16-8-10-5-6-11(20-3)12(7-10)21-4/h5-9,13H,1-4H3,(H,17,18,19)/b16-8+. The lowest BCUT2D eigenvalue weighted by Crippen LogP contribution is -2.27. The smallest absolute Gasteiger partial charge is 0.239 e. The lowest BCUT2D eigenvalue weighted by Gasteiger charge is -2.07. The van der Waals surface area contributed by atoms with Crippen LogP contribution in [0.2, 0.25) is 0 Å². The zero-order chi connectivity index (χ0) is 16.1. The van der Waals surface area contributed by atoms with Crippen molar-refractivity contribution in [2.24, 2.45) is 16.1 Å². The highest BCUT2D eigenvalue weighted by Crippen LogP contribution is 2.27. The Morgan fingerprint density at radius 1 is 1.27 bits per heavy atom. The van der Waals surface area contributed by atoms with Gasteiger partial charge in [0.05, 0.1) is 25.7 Å². The topological polar surface area (TPSA) is 72.3 Å². The SMILES string of the molecule is COc1ccc(/C=N/N=C2\NC(=O)C(C(C)C)S2)cc1OC. The lowest BCUT2D eigenvalue weighted by molar-refractivity contribution is -0.119. The molecule has 0 aromatic heterocycles. The first kappa shape index (κ1) is 16.4. The Hall–Kier alpha value is -2.02. The van der Waals surface area contributed by atoms with Crippen LogP contribution in [0.5, 0.6) is 11.5 Å². The first-order valence-corrected chi connectivity index (χ1v) is 7.73. The second-order valence-corrected chi connectivity index (χ2v) is 6.17. The van der Waals surface area contributed by atoms with Crippen LogP contribution >= 0.6 is 11.8 Å². The molecule has 1 saturated heterocycles. The molecule has 0 saturated carbocycles. The van der Waals surface area contributed by atoms with Gasteiger partial charge in [-0.2, -0.15) is 5.10 Å². The Bertz CT molecular complexity index is 614. The minimum atomic E-state index is -0.102. The molecule has 0 aliphatic carbocycles. The highest BCUT2D eigenvalue weighted by atomic mass is 32.2. The van der Waals surface area contributed by atoms with E-state index in [4.69, 9.17) is 9.47 Å². The molecule has 1 unspecified atom stereocenters. The number of ether oxygens (including phenoxy) is 2. The monoisotopic (exact) mass is 321 g/mol. The zero-order valence-corrected chi connectivity index (χ0v) is 13.8. The van der Waals surface area contributed by atoms with Gasteiger partial charge >= 0.3 is 0 Å². The predicted molar refractivity (Wildman–Crippen MR) is 88.9 cm³/mol. The van der Waals surface area contributed by atoms with Crippen molar-refractivity contribution in [3.8, 4) is 11.5 Å². The first-order chi connectivity index (χ1) is 10.5. The van der Waals surface area contributed by atoms with Gasteiger partial charge in [-0.05, 0) is 29.7 Å². The molecular weight excluding hydrogens is 302 g/mol. The number of carbonyl (C=O) groups is 1. The Balaban J connectivity index is 2.07. The molecule has 1 amide bonds. The van der Waals surface area contributed by atoms with Gasteiger partial charge in [0, 0.05) is 0 Å². The maximum atomic E-state index is 11.7.